The van der Waals surface area contributed by atoms with Crippen LogP contribution < -0.4 is 20.3 Å². The molecule has 8 nitrogen and oxygen atoms in total. The van der Waals surface area contributed by atoms with Crippen molar-refractivity contribution >= 4 is 23.2 Å². The predicted molar refractivity (Wildman–Crippen MR) is 210 cm³/mol. The Labute approximate surface area is 317 Å². The van der Waals surface area contributed by atoms with Crippen molar-refractivity contribution in [2.24, 2.45) is 5.92 Å². The average molecular weight is 731 g/mol. The highest BCUT2D eigenvalue weighted by Gasteiger charge is 2.35. The highest BCUT2D eigenvalue weighted by atomic mass is 19.1. The van der Waals surface area contributed by atoms with Gasteiger partial charge in [-0.15, -0.1) is 0 Å². The molecule has 282 valence electrons. The molecule has 0 spiro atoms. The number of carbonyl (C=O) groups excluding carboxylic acids is 2. The van der Waals surface area contributed by atoms with Gasteiger partial charge in [-0.2, -0.15) is 0 Å². The molecule has 1 aliphatic carbocycles. The number of ether oxygens (including phenoxy) is 1. The molecule has 0 radical (unpaired) electrons. The molecule has 2 amide bonds. The molecule has 0 bridgehead atoms. The van der Waals surface area contributed by atoms with E-state index in [1.54, 1.807) is 7.11 Å². The normalized spacial score (nSPS) is 22.8. The summed E-state index contributed by atoms with van der Waals surface area (Å²) in [5.41, 5.74) is 7.53. The highest BCUT2D eigenvalue weighted by Crippen LogP contribution is 2.50. The van der Waals surface area contributed by atoms with Gasteiger partial charge in [0.2, 0.25) is 11.8 Å². The Morgan fingerprint density at radius 1 is 0.815 bits per heavy atom. The van der Waals surface area contributed by atoms with Crippen molar-refractivity contribution in [3.8, 4) is 11.5 Å². The summed E-state index contributed by atoms with van der Waals surface area (Å²) in [6.07, 6.45) is 6.77. The summed E-state index contributed by atoms with van der Waals surface area (Å²) < 4.78 is 21.4. The van der Waals surface area contributed by atoms with E-state index >= 15 is 4.39 Å². The fraction of sp³-hybridized carbons (Fsp3) is 0.422. The molecule has 9 heteroatoms. The first-order valence-electron chi connectivity index (χ1n) is 19.7. The van der Waals surface area contributed by atoms with Gasteiger partial charge in [-0.25, -0.2) is 4.39 Å². The molecule has 0 unspecified atom stereocenters. The lowest BCUT2D eigenvalue weighted by molar-refractivity contribution is -0.133. The Kier molecular flexibility index (Phi) is 10.6. The van der Waals surface area contributed by atoms with Crippen molar-refractivity contribution in [2.45, 2.75) is 75.2 Å². The van der Waals surface area contributed by atoms with Gasteiger partial charge in [-0.1, -0.05) is 48.5 Å². The summed E-state index contributed by atoms with van der Waals surface area (Å²) in [4.78, 5) is 28.7. The Balaban J connectivity index is 0.866. The molecule has 54 heavy (non-hydrogen) atoms. The van der Waals surface area contributed by atoms with Crippen LogP contribution in [-0.2, 0) is 16.0 Å². The molecular weight excluding hydrogens is 680 g/mol. The monoisotopic (exact) mass is 730 g/mol. The third-order valence-electron chi connectivity index (χ3n) is 12.5. The van der Waals surface area contributed by atoms with Crippen molar-refractivity contribution in [1.82, 2.24) is 10.2 Å². The van der Waals surface area contributed by atoms with E-state index in [4.69, 9.17) is 4.74 Å². The number of likely N-dealkylation sites (tertiary alicyclic amines) is 1. The number of phenols is 1. The van der Waals surface area contributed by atoms with Crippen LogP contribution in [0.1, 0.15) is 90.5 Å². The molecule has 3 fully saturated rings. The zero-order valence-electron chi connectivity index (χ0n) is 31.1. The fourth-order valence-corrected chi connectivity index (χ4v) is 9.55. The van der Waals surface area contributed by atoms with Crippen LogP contribution >= 0.6 is 0 Å². The van der Waals surface area contributed by atoms with Crippen LogP contribution in [-0.4, -0.2) is 67.7 Å². The van der Waals surface area contributed by atoms with E-state index in [2.05, 4.69) is 75.0 Å². The molecule has 3 heterocycles. The smallest absolute Gasteiger partial charge is 0.249 e. The van der Waals surface area contributed by atoms with Crippen LogP contribution in [0.4, 0.5) is 15.8 Å². The number of rotatable bonds is 9. The Morgan fingerprint density at radius 3 is 2.31 bits per heavy atom. The zero-order chi connectivity index (χ0) is 37.2. The summed E-state index contributed by atoms with van der Waals surface area (Å²) in [6, 6.07) is 28.1. The first kappa shape index (κ1) is 36.1. The first-order chi connectivity index (χ1) is 26.3. The van der Waals surface area contributed by atoms with E-state index in [0.717, 1.165) is 82.6 Å². The van der Waals surface area contributed by atoms with Crippen LogP contribution in [0.5, 0.6) is 11.5 Å². The summed E-state index contributed by atoms with van der Waals surface area (Å²) in [5.74, 6) is 1.65. The number of nitrogens with one attached hydrogen (secondary N) is 2. The second-order valence-corrected chi connectivity index (χ2v) is 15.7. The van der Waals surface area contributed by atoms with Gasteiger partial charge in [0.25, 0.3) is 0 Å². The first-order valence-corrected chi connectivity index (χ1v) is 19.7. The number of hydrogen-bond donors (Lipinski definition) is 3. The second-order valence-electron chi connectivity index (χ2n) is 15.7. The van der Waals surface area contributed by atoms with Crippen LogP contribution in [0.3, 0.4) is 0 Å². The SMILES string of the molecule is COc1cc(N2CCC(CN3CCC(c4ccc(N[C@@H]5CCC(=O)NC5=O)cc4F)CC3)CC2)ccc1[C@H]1c2ccc(O)cc2CC[C@H]1c1ccccc1. The average Bonchev–Trinajstić information content (AvgIpc) is 3.19. The molecule has 4 aromatic carbocycles. The van der Waals surface area contributed by atoms with Crippen molar-refractivity contribution in [2.75, 3.05) is 50.1 Å². The van der Waals surface area contributed by atoms with E-state index < -0.39 is 6.04 Å². The molecular formula is C45H51FN4O4. The maximum atomic E-state index is 15.3. The van der Waals surface area contributed by atoms with Crippen molar-refractivity contribution in [3.63, 3.8) is 0 Å². The van der Waals surface area contributed by atoms with E-state index in [1.807, 2.05) is 24.3 Å². The van der Waals surface area contributed by atoms with Crippen LogP contribution in [0.2, 0.25) is 0 Å². The Morgan fingerprint density at radius 2 is 1.57 bits per heavy atom. The van der Waals surface area contributed by atoms with E-state index in [1.165, 1.54) is 34.0 Å². The molecule has 3 atom stereocenters. The minimum Gasteiger partial charge on any atom is -0.508 e. The molecule has 0 aromatic heterocycles. The van der Waals surface area contributed by atoms with E-state index in [-0.39, 0.29) is 35.9 Å². The maximum absolute atomic E-state index is 15.3. The molecule has 4 aromatic rings. The number of amides is 2. The number of phenolic OH excluding ortho intramolecular Hbond substituents is 1. The molecule has 8 rings (SSSR count). The Bertz CT molecular complexity index is 1970. The van der Waals surface area contributed by atoms with Crippen molar-refractivity contribution in [3.05, 3.63) is 119 Å². The zero-order valence-corrected chi connectivity index (χ0v) is 31.1. The molecule has 3 aliphatic heterocycles. The number of piperidine rings is 3. The maximum Gasteiger partial charge on any atom is 0.249 e. The number of imide groups is 1. The molecule has 0 saturated carbocycles. The number of anilines is 2. The third kappa shape index (κ3) is 7.69. The largest absolute Gasteiger partial charge is 0.508 e. The lowest BCUT2D eigenvalue weighted by Crippen LogP contribution is -2.47. The van der Waals surface area contributed by atoms with Gasteiger partial charge in [0.05, 0.1) is 7.11 Å². The van der Waals surface area contributed by atoms with Gasteiger partial charge < -0.3 is 25.0 Å². The van der Waals surface area contributed by atoms with Crippen LogP contribution in [0.15, 0.2) is 84.9 Å². The lowest BCUT2D eigenvalue weighted by Gasteiger charge is -2.39. The number of benzene rings is 4. The van der Waals surface area contributed by atoms with Crippen molar-refractivity contribution in [1.29, 1.82) is 0 Å². The number of halogens is 1. The standard InChI is InChI=1S/C45H51FN4O4/c1-54-42-27-34(9-13-39(42)44-37(30-5-3-2-4-6-30)11-7-32-25-35(51)10-14-38(32)44)50-23-17-29(18-24-50)28-49-21-19-31(20-22-49)36-12-8-33(26-40(36)46)47-41-15-16-43(52)48-45(41)53/h2-6,8-10,12-14,25-27,29,31,37,41,44,47,51H,7,11,15-24,28H2,1H3,(H,48,52,53)/t37-,41+,44+/m0/s1. The van der Waals surface area contributed by atoms with E-state index in [9.17, 15) is 14.7 Å². The number of fused-ring (bicyclic) bond motifs is 1. The van der Waals surface area contributed by atoms with Crippen LogP contribution in [0.25, 0.3) is 0 Å². The summed E-state index contributed by atoms with van der Waals surface area (Å²) in [6.45, 7) is 5.02. The van der Waals surface area contributed by atoms with E-state index in [0.29, 0.717) is 29.7 Å². The summed E-state index contributed by atoms with van der Waals surface area (Å²) in [7, 11) is 1.78. The third-order valence-corrected chi connectivity index (χ3v) is 12.5. The number of carbonyl (C=O) groups is 2. The van der Waals surface area contributed by atoms with Gasteiger partial charge in [-0.3, -0.25) is 14.9 Å². The summed E-state index contributed by atoms with van der Waals surface area (Å²) >= 11 is 0. The number of hydrogen-bond acceptors (Lipinski definition) is 7. The minimum absolute atomic E-state index is 0.133. The van der Waals surface area contributed by atoms with Crippen molar-refractivity contribution < 1.29 is 23.8 Å². The lowest BCUT2D eigenvalue weighted by atomic mass is 9.69. The molecule has 3 saturated heterocycles. The fourth-order valence-electron chi connectivity index (χ4n) is 9.55. The quantitative estimate of drug-likeness (QED) is 0.152. The highest BCUT2D eigenvalue weighted by molar-refractivity contribution is 6.01. The Hall–Kier alpha value is -4.89. The summed E-state index contributed by atoms with van der Waals surface area (Å²) in [5, 5.41) is 15.7. The number of aryl methyl sites for hydroxylation is 1. The topological polar surface area (TPSA) is 94.1 Å². The van der Waals surface area contributed by atoms with Gasteiger partial charge in [0.1, 0.15) is 23.4 Å². The molecule has 4 aliphatic rings. The van der Waals surface area contributed by atoms with Crippen LogP contribution in [0, 0.1) is 11.7 Å². The number of methoxy groups -OCH3 is 1. The minimum atomic E-state index is -0.526. The van der Waals surface area contributed by atoms with Gasteiger partial charge in [-0.05, 0) is 128 Å². The van der Waals surface area contributed by atoms with Gasteiger partial charge >= 0.3 is 0 Å². The van der Waals surface area contributed by atoms with Gasteiger partial charge in [0, 0.05) is 55.0 Å². The number of aromatic hydroxyl groups is 1. The second kappa shape index (κ2) is 15.8. The number of nitrogens with zero attached hydrogens (tertiary/aromatic N) is 2. The van der Waals surface area contributed by atoms with Gasteiger partial charge in [0.15, 0.2) is 0 Å². The molecule has 3 N–H and O–H groups in total. The predicted octanol–water partition coefficient (Wildman–Crippen LogP) is 7.71.